The Morgan fingerprint density at radius 3 is 2.48 bits per heavy atom. The first-order chi connectivity index (χ1) is 14.5. The van der Waals surface area contributed by atoms with Gasteiger partial charge in [0.25, 0.3) is 5.91 Å². The topological polar surface area (TPSA) is 93.5 Å². The zero-order valence-corrected chi connectivity index (χ0v) is 19.9. The number of hydrogen-bond acceptors (Lipinski definition) is 5. The molecule has 1 fully saturated rings. The third-order valence-electron chi connectivity index (χ3n) is 5.67. The van der Waals surface area contributed by atoms with Crippen LogP contribution in [0, 0.1) is 13.8 Å². The van der Waals surface area contributed by atoms with E-state index in [-0.39, 0.29) is 29.1 Å². The highest BCUT2D eigenvalue weighted by molar-refractivity contribution is 7.89. The van der Waals surface area contributed by atoms with Crippen LogP contribution in [0.5, 0.6) is 0 Å². The van der Waals surface area contributed by atoms with Crippen molar-refractivity contribution in [2.75, 3.05) is 13.1 Å². The molecule has 3 rings (SSSR count). The second-order valence-corrected chi connectivity index (χ2v) is 10.4. The smallest absolute Gasteiger partial charge is 0.251 e. The largest absolute Gasteiger partial charge is 0.373 e. The molecular formula is C22H32N4O4S. The van der Waals surface area contributed by atoms with Gasteiger partial charge in [0.15, 0.2) is 0 Å². The number of amides is 1. The predicted molar refractivity (Wildman–Crippen MR) is 119 cm³/mol. The first-order valence-corrected chi connectivity index (χ1v) is 12.0. The van der Waals surface area contributed by atoms with Gasteiger partial charge in [-0.15, -0.1) is 0 Å². The number of aromatic nitrogens is 2. The highest BCUT2D eigenvalue weighted by Gasteiger charge is 2.32. The Labute approximate surface area is 184 Å². The summed E-state index contributed by atoms with van der Waals surface area (Å²) in [6, 6.07) is 6.09. The van der Waals surface area contributed by atoms with Gasteiger partial charge in [0.1, 0.15) is 0 Å². The lowest BCUT2D eigenvalue weighted by Gasteiger charge is -2.34. The molecule has 1 amide bonds. The number of benzene rings is 1. The van der Waals surface area contributed by atoms with Crippen LogP contribution < -0.4 is 5.32 Å². The quantitative estimate of drug-likeness (QED) is 0.731. The lowest BCUT2D eigenvalue weighted by molar-refractivity contribution is -0.0440. The number of nitrogens with one attached hydrogen (secondary N) is 1. The molecule has 0 saturated carbocycles. The van der Waals surface area contributed by atoms with E-state index in [0.29, 0.717) is 25.1 Å². The minimum absolute atomic E-state index is 0.119. The summed E-state index contributed by atoms with van der Waals surface area (Å²) in [4.78, 5) is 12.9. The summed E-state index contributed by atoms with van der Waals surface area (Å²) in [6.45, 7) is 10.2. The number of sulfonamides is 1. The van der Waals surface area contributed by atoms with Crippen LogP contribution in [-0.4, -0.2) is 59.7 Å². The van der Waals surface area contributed by atoms with Gasteiger partial charge in [-0.05, 0) is 64.8 Å². The molecule has 0 spiro atoms. The summed E-state index contributed by atoms with van der Waals surface area (Å²) in [5.41, 5.74) is 3.45. The van der Waals surface area contributed by atoms with Gasteiger partial charge in [-0.3, -0.25) is 9.48 Å². The lowest BCUT2D eigenvalue weighted by Crippen LogP contribution is -2.48. The van der Waals surface area contributed by atoms with Gasteiger partial charge in [0.05, 0.1) is 22.8 Å². The number of rotatable bonds is 6. The molecule has 1 N–H and O–H groups in total. The fraction of sp³-hybridized carbons (Fsp3) is 0.545. The number of carbonyl (C=O) groups is 1. The maximum Gasteiger partial charge on any atom is 0.251 e. The number of morpholine rings is 1. The number of carbonyl (C=O) groups excluding carboxylic acids is 1. The number of hydrogen-bond donors (Lipinski definition) is 1. The van der Waals surface area contributed by atoms with E-state index in [1.807, 2.05) is 46.3 Å². The highest BCUT2D eigenvalue weighted by atomic mass is 32.2. The molecule has 2 aromatic rings. The third-order valence-corrected chi connectivity index (χ3v) is 7.49. The van der Waals surface area contributed by atoms with E-state index in [2.05, 4.69) is 10.4 Å². The third kappa shape index (κ3) is 5.16. The zero-order chi connectivity index (χ0) is 22.9. The highest BCUT2D eigenvalue weighted by Crippen LogP contribution is 2.22. The number of aryl methyl sites for hydroxylation is 2. The molecule has 0 bridgehead atoms. The number of nitrogens with zero attached hydrogens (tertiary/aromatic N) is 3. The van der Waals surface area contributed by atoms with E-state index in [4.69, 9.17) is 4.74 Å². The predicted octanol–water partition coefficient (Wildman–Crippen LogP) is 2.20. The normalized spacial score (nSPS) is 21.1. The molecule has 0 unspecified atom stereocenters. The molecule has 31 heavy (non-hydrogen) atoms. The van der Waals surface area contributed by atoms with E-state index in [1.165, 1.54) is 16.4 Å². The fourth-order valence-electron chi connectivity index (χ4n) is 4.05. The van der Waals surface area contributed by atoms with Crippen LogP contribution in [0.2, 0.25) is 0 Å². The van der Waals surface area contributed by atoms with E-state index in [0.717, 1.165) is 17.0 Å². The van der Waals surface area contributed by atoms with Crippen LogP contribution in [0.4, 0.5) is 0 Å². The summed E-state index contributed by atoms with van der Waals surface area (Å²) in [7, 11) is -1.81. The van der Waals surface area contributed by atoms with E-state index in [9.17, 15) is 13.2 Å². The van der Waals surface area contributed by atoms with Gasteiger partial charge in [-0.2, -0.15) is 9.40 Å². The SMILES string of the molecule is Cc1nn(C)c(C)c1C[C@H](C)NC(=O)c1cccc(S(=O)(=O)N2C[C@@H](C)O[C@H](C)C2)c1. The minimum Gasteiger partial charge on any atom is -0.373 e. The Morgan fingerprint density at radius 2 is 1.90 bits per heavy atom. The summed E-state index contributed by atoms with van der Waals surface area (Å²) < 4.78 is 35.2. The van der Waals surface area contributed by atoms with Gasteiger partial charge in [0.2, 0.25) is 10.0 Å². The Morgan fingerprint density at radius 1 is 1.26 bits per heavy atom. The molecule has 1 aromatic heterocycles. The van der Waals surface area contributed by atoms with Crippen molar-refractivity contribution < 1.29 is 17.9 Å². The molecule has 1 aromatic carbocycles. The Balaban J connectivity index is 1.74. The van der Waals surface area contributed by atoms with Crippen molar-refractivity contribution in [3.63, 3.8) is 0 Å². The average molecular weight is 449 g/mol. The molecule has 1 aliphatic heterocycles. The van der Waals surface area contributed by atoms with Gasteiger partial charge < -0.3 is 10.1 Å². The molecule has 8 nitrogen and oxygen atoms in total. The molecule has 3 atom stereocenters. The lowest BCUT2D eigenvalue weighted by atomic mass is 10.0. The molecule has 9 heteroatoms. The van der Waals surface area contributed by atoms with Gasteiger partial charge in [-0.25, -0.2) is 8.42 Å². The van der Waals surface area contributed by atoms with Crippen LogP contribution in [-0.2, 0) is 28.2 Å². The zero-order valence-electron chi connectivity index (χ0n) is 19.0. The van der Waals surface area contributed by atoms with Crippen molar-refractivity contribution in [1.29, 1.82) is 0 Å². The van der Waals surface area contributed by atoms with Crippen LogP contribution in [0.15, 0.2) is 29.2 Å². The molecule has 170 valence electrons. The minimum atomic E-state index is -3.71. The van der Waals surface area contributed by atoms with E-state index in [1.54, 1.807) is 12.1 Å². The van der Waals surface area contributed by atoms with Crippen molar-refractivity contribution >= 4 is 15.9 Å². The van der Waals surface area contributed by atoms with Crippen molar-refractivity contribution in [2.45, 2.75) is 64.2 Å². The summed E-state index contributed by atoms with van der Waals surface area (Å²) >= 11 is 0. The van der Waals surface area contributed by atoms with Crippen molar-refractivity contribution in [2.24, 2.45) is 7.05 Å². The van der Waals surface area contributed by atoms with Gasteiger partial charge >= 0.3 is 0 Å². The van der Waals surface area contributed by atoms with Crippen molar-refractivity contribution in [1.82, 2.24) is 19.4 Å². The van der Waals surface area contributed by atoms with Crippen LogP contribution in [0.1, 0.15) is 48.1 Å². The Hall–Kier alpha value is -2.23. The summed E-state index contributed by atoms with van der Waals surface area (Å²) in [6.07, 6.45) is 0.300. The maximum absolute atomic E-state index is 13.1. The average Bonchev–Trinajstić information content (AvgIpc) is 2.93. The van der Waals surface area contributed by atoms with Crippen LogP contribution in [0.25, 0.3) is 0 Å². The molecule has 1 saturated heterocycles. The first-order valence-electron chi connectivity index (χ1n) is 10.5. The van der Waals surface area contributed by atoms with Crippen molar-refractivity contribution in [3.8, 4) is 0 Å². The van der Waals surface area contributed by atoms with E-state index >= 15 is 0 Å². The fourth-order valence-corrected chi connectivity index (χ4v) is 5.69. The first kappa shape index (κ1) is 23.4. The molecule has 0 radical (unpaired) electrons. The Bertz CT molecular complexity index is 1050. The monoisotopic (exact) mass is 448 g/mol. The van der Waals surface area contributed by atoms with E-state index < -0.39 is 10.0 Å². The second kappa shape index (κ2) is 9.10. The molecule has 2 heterocycles. The molecular weight excluding hydrogens is 416 g/mol. The van der Waals surface area contributed by atoms with Crippen molar-refractivity contribution in [3.05, 3.63) is 46.8 Å². The second-order valence-electron chi connectivity index (χ2n) is 8.46. The van der Waals surface area contributed by atoms with Gasteiger partial charge in [-0.1, -0.05) is 6.07 Å². The molecule has 1 aliphatic rings. The standard InChI is InChI=1S/C22H32N4O4S/c1-14(10-21-17(4)24-25(6)18(21)5)23-22(27)19-8-7-9-20(11-19)31(28,29)26-12-15(2)30-16(3)13-26/h7-9,11,14-16H,10,12-13H2,1-6H3,(H,23,27)/t14-,15+,16+/m0/s1. The Kier molecular flexibility index (Phi) is 6.88. The maximum atomic E-state index is 13.1. The van der Waals surface area contributed by atoms with Gasteiger partial charge in [0, 0.05) is 37.4 Å². The summed E-state index contributed by atoms with van der Waals surface area (Å²) in [5, 5.41) is 7.39. The van der Waals surface area contributed by atoms with Crippen LogP contribution >= 0.6 is 0 Å². The number of ether oxygens (including phenoxy) is 1. The molecule has 0 aliphatic carbocycles. The van der Waals surface area contributed by atoms with Crippen LogP contribution in [0.3, 0.4) is 0 Å². The summed E-state index contributed by atoms with van der Waals surface area (Å²) in [5.74, 6) is -0.299.